The molecule has 0 bridgehead atoms. The SMILES string of the molecule is CC(C)(C(=O)NCCNC1CCCCCC1)c1ccccc1. The molecule has 1 aliphatic carbocycles. The molecule has 1 fully saturated rings. The second-order valence-electron chi connectivity index (χ2n) is 6.89. The van der Waals surface area contributed by atoms with Gasteiger partial charge < -0.3 is 10.6 Å². The van der Waals surface area contributed by atoms with Crippen molar-refractivity contribution in [1.29, 1.82) is 0 Å². The Kier molecular flexibility index (Phi) is 6.44. The summed E-state index contributed by atoms with van der Waals surface area (Å²) < 4.78 is 0. The lowest BCUT2D eigenvalue weighted by molar-refractivity contribution is -0.125. The van der Waals surface area contributed by atoms with Gasteiger partial charge in [0.25, 0.3) is 0 Å². The van der Waals surface area contributed by atoms with Crippen molar-refractivity contribution in [2.24, 2.45) is 0 Å². The number of carbonyl (C=O) groups excluding carboxylic acids is 1. The summed E-state index contributed by atoms with van der Waals surface area (Å²) in [5, 5.41) is 6.67. The number of benzene rings is 1. The summed E-state index contributed by atoms with van der Waals surface area (Å²) in [6, 6.07) is 10.6. The molecule has 3 heteroatoms. The van der Waals surface area contributed by atoms with E-state index in [9.17, 15) is 4.79 Å². The smallest absolute Gasteiger partial charge is 0.230 e. The molecule has 3 nitrogen and oxygen atoms in total. The average molecular weight is 302 g/mol. The van der Waals surface area contributed by atoms with E-state index in [1.807, 2.05) is 44.2 Å². The highest BCUT2D eigenvalue weighted by molar-refractivity contribution is 5.87. The van der Waals surface area contributed by atoms with Gasteiger partial charge in [0.05, 0.1) is 5.41 Å². The molecule has 0 unspecified atom stereocenters. The first-order valence-corrected chi connectivity index (χ1v) is 8.68. The second kappa shape index (κ2) is 8.33. The molecule has 2 N–H and O–H groups in total. The first-order chi connectivity index (χ1) is 10.6. The molecule has 0 saturated heterocycles. The summed E-state index contributed by atoms with van der Waals surface area (Å²) in [4.78, 5) is 12.4. The maximum Gasteiger partial charge on any atom is 0.230 e. The maximum absolute atomic E-state index is 12.4. The fourth-order valence-corrected chi connectivity index (χ4v) is 3.14. The standard InChI is InChI=1S/C19H30N2O/c1-19(2,16-10-6-5-7-11-16)18(22)21-15-14-20-17-12-8-3-4-9-13-17/h5-7,10-11,17,20H,3-4,8-9,12-15H2,1-2H3,(H,21,22). The minimum atomic E-state index is -0.483. The van der Waals surface area contributed by atoms with Gasteiger partial charge in [-0.2, -0.15) is 0 Å². The summed E-state index contributed by atoms with van der Waals surface area (Å²) in [6.07, 6.45) is 7.99. The molecular formula is C19H30N2O. The van der Waals surface area contributed by atoms with Gasteiger partial charge in [-0.3, -0.25) is 4.79 Å². The van der Waals surface area contributed by atoms with Gasteiger partial charge in [0.1, 0.15) is 0 Å². The number of amides is 1. The molecule has 0 aliphatic heterocycles. The highest BCUT2D eigenvalue weighted by atomic mass is 16.2. The van der Waals surface area contributed by atoms with E-state index in [-0.39, 0.29) is 5.91 Å². The van der Waals surface area contributed by atoms with E-state index in [0.717, 1.165) is 12.1 Å². The van der Waals surface area contributed by atoms with Crippen LogP contribution in [0.2, 0.25) is 0 Å². The van der Waals surface area contributed by atoms with Gasteiger partial charge in [-0.25, -0.2) is 0 Å². The van der Waals surface area contributed by atoms with Crippen LogP contribution >= 0.6 is 0 Å². The third-order valence-electron chi connectivity index (χ3n) is 4.76. The van der Waals surface area contributed by atoms with Crippen LogP contribution < -0.4 is 10.6 Å². The van der Waals surface area contributed by atoms with Crippen molar-refractivity contribution in [3.63, 3.8) is 0 Å². The molecule has 0 atom stereocenters. The van der Waals surface area contributed by atoms with Crippen molar-refractivity contribution in [3.05, 3.63) is 35.9 Å². The van der Waals surface area contributed by atoms with E-state index in [2.05, 4.69) is 10.6 Å². The molecule has 2 rings (SSSR count). The Morgan fingerprint density at radius 3 is 2.32 bits per heavy atom. The predicted molar refractivity (Wildman–Crippen MR) is 92.0 cm³/mol. The van der Waals surface area contributed by atoms with Crippen LogP contribution in [0, 0.1) is 0 Å². The zero-order chi connectivity index (χ0) is 15.8. The minimum Gasteiger partial charge on any atom is -0.354 e. The van der Waals surface area contributed by atoms with Gasteiger partial charge in [0.2, 0.25) is 5.91 Å². The van der Waals surface area contributed by atoms with E-state index in [1.54, 1.807) is 0 Å². The average Bonchev–Trinajstić information content (AvgIpc) is 2.81. The normalized spacial score (nSPS) is 17.0. The van der Waals surface area contributed by atoms with Crippen molar-refractivity contribution in [2.75, 3.05) is 13.1 Å². The van der Waals surface area contributed by atoms with Crippen molar-refractivity contribution < 1.29 is 4.79 Å². The van der Waals surface area contributed by atoms with Crippen molar-refractivity contribution in [2.45, 2.75) is 63.8 Å². The van der Waals surface area contributed by atoms with Crippen LogP contribution in [0.1, 0.15) is 57.9 Å². The number of rotatable bonds is 6. The van der Waals surface area contributed by atoms with E-state index in [0.29, 0.717) is 12.6 Å². The van der Waals surface area contributed by atoms with E-state index in [1.165, 1.54) is 38.5 Å². The summed E-state index contributed by atoms with van der Waals surface area (Å²) in [5.41, 5.74) is 0.577. The van der Waals surface area contributed by atoms with E-state index in [4.69, 9.17) is 0 Å². The highest BCUT2D eigenvalue weighted by Gasteiger charge is 2.29. The number of hydrogen-bond acceptors (Lipinski definition) is 2. The largest absolute Gasteiger partial charge is 0.354 e. The van der Waals surface area contributed by atoms with Crippen LogP contribution in [-0.2, 0) is 10.2 Å². The molecule has 1 aliphatic rings. The molecule has 1 aromatic rings. The van der Waals surface area contributed by atoms with Crippen LogP contribution in [0.5, 0.6) is 0 Å². The van der Waals surface area contributed by atoms with Crippen molar-refractivity contribution >= 4 is 5.91 Å². The lowest BCUT2D eigenvalue weighted by Crippen LogP contribution is -2.43. The molecule has 22 heavy (non-hydrogen) atoms. The first kappa shape index (κ1) is 17.0. The molecule has 1 aromatic carbocycles. The van der Waals surface area contributed by atoms with Gasteiger partial charge >= 0.3 is 0 Å². The van der Waals surface area contributed by atoms with Crippen LogP contribution in [0.25, 0.3) is 0 Å². The first-order valence-electron chi connectivity index (χ1n) is 8.68. The fourth-order valence-electron chi connectivity index (χ4n) is 3.14. The van der Waals surface area contributed by atoms with E-state index >= 15 is 0 Å². The molecular weight excluding hydrogens is 272 g/mol. The minimum absolute atomic E-state index is 0.0985. The molecule has 1 amide bonds. The summed E-state index contributed by atoms with van der Waals surface area (Å²) in [5.74, 6) is 0.0985. The van der Waals surface area contributed by atoms with Crippen LogP contribution in [0.4, 0.5) is 0 Å². The molecule has 0 radical (unpaired) electrons. The number of nitrogens with one attached hydrogen (secondary N) is 2. The number of hydrogen-bond donors (Lipinski definition) is 2. The molecule has 0 spiro atoms. The van der Waals surface area contributed by atoms with Crippen LogP contribution in [0.3, 0.4) is 0 Å². The Morgan fingerprint density at radius 1 is 1.05 bits per heavy atom. The quantitative estimate of drug-likeness (QED) is 0.625. The monoisotopic (exact) mass is 302 g/mol. The lowest BCUT2D eigenvalue weighted by atomic mass is 9.84. The lowest BCUT2D eigenvalue weighted by Gasteiger charge is -2.24. The Hall–Kier alpha value is -1.35. The van der Waals surface area contributed by atoms with Crippen LogP contribution in [0.15, 0.2) is 30.3 Å². The van der Waals surface area contributed by atoms with E-state index < -0.39 is 5.41 Å². The summed E-state index contributed by atoms with van der Waals surface area (Å²) >= 11 is 0. The van der Waals surface area contributed by atoms with Crippen molar-refractivity contribution in [1.82, 2.24) is 10.6 Å². The van der Waals surface area contributed by atoms with Crippen LogP contribution in [-0.4, -0.2) is 25.0 Å². The zero-order valence-electron chi connectivity index (χ0n) is 14.0. The van der Waals surface area contributed by atoms with Gasteiger partial charge in [0, 0.05) is 19.1 Å². The van der Waals surface area contributed by atoms with Crippen molar-refractivity contribution in [3.8, 4) is 0 Å². The molecule has 0 heterocycles. The predicted octanol–water partition coefficient (Wildman–Crippen LogP) is 3.39. The molecule has 1 saturated carbocycles. The molecule has 122 valence electrons. The Morgan fingerprint density at radius 2 is 1.68 bits per heavy atom. The Balaban J connectivity index is 1.73. The summed E-state index contributed by atoms with van der Waals surface area (Å²) in [7, 11) is 0. The summed E-state index contributed by atoms with van der Waals surface area (Å²) in [6.45, 7) is 5.53. The van der Waals surface area contributed by atoms with Gasteiger partial charge in [-0.15, -0.1) is 0 Å². The fraction of sp³-hybridized carbons (Fsp3) is 0.632. The highest BCUT2D eigenvalue weighted by Crippen LogP contribution is 2.22. The van der Waals surface area contributed by atoms with Gasteiger partial charge in [0.15, 0.2) is 0 Å². The third kappa shape index (κ3) is 4.84. The second-order valence-corrected chi connectivity index (χ2v) is 6.89. The zero-order valence-corrected chi connectivity index (χ0v) is 14.0. The maximum atomic E-state index is 12.4. The third-order valence-corrected chi connectivity index (χ3v) is 4.76. The van der Waals surface area contributed by atoms with Gasteiger partial charge in [-0.1, -0.05) is 56.0 Å². The number of carbonyl (C=O) groups is 1. The Labute approximate surface area is 134 Å². The Bertz CT molecular complexity index is 448. The molecule has 0 aromatic heterocycles. The van der Waals surface area contributed by atoms with Gasteiger partial charge in [-0.05, 0) is 32.3 Å². The topological polar surface area (TPSA) is 41.1 Å².